The fourth-order valence-corrected chi connectivity index (χ4v) is 2.92. The SMILES string of the molecule is CCCn1nc(C(=O)NC[C@@H](C)N2CCN(CC)CC2)ccc1=O. The second kappa shape index (κ2) is 8.94. The Bertz CT molecular complexity index is 593. The van der Waals surface area contributed by atoms with Gasteiger partial charge in [-0.15, -0.1) is 0 Å². The first-order chi connectivity index (χ1) is 11.5. The molecular formula is C17H29N5O2. The van der Waals surface area contributed by atoms with Crippen molar-refractivity contribution in [2.24, 2.45) is 0 Å². The molecule has 1 fully saturated rings. The highest BCUT2D eigenvalue weighted by Gasteiger charge is 2.20. The van der Waals surface area contributed by atoms with Crippen molar-refractivity contribution in [3.63, 3.8) is 0 Å². The minimum Gasteiger partial charge on any atom is -0.349 e. The number of aromatic nitrogens is 2. The minimum atomic E-state index is -0.223. The lowest BCUT2D eigenvalue weighted by molar-refractivity contribution is 0.0877. The smallest absolute Gasteiger partial charge is 0.271 e. The number of rotatable bonds is 7. The van der Waals surface area contributed by atoms with Gasteiger partial charge in [0.1, 0.15) is 5.69 Å². The van der Waals surface area contributed by atoms with Crippen LogP contribution in [0, 0.1) is 0 Å². The van der Waals surface area contributed by atoms with Crippen molar-refractivity contribution >= 4 is 5.91 Å². The van der Waals surface area contributed by atoms with Crippen molar-refractivity contribution in [1.82, 2.24) is 24.9 Å². The number of hydrogen-bond acceptors (Lipinski definition) is 5. The van der Waals surface area contributed by atoms with Crippen LogP contribution in [-0.2, 0) is 6.54 Å². The van der Waals surface area contributed by atoms with E-state index in [1.54, 1.807) is 0 Å². The molecule has 1 aliphatic rings. The summed E-state index contributed by atoms with van der Waals surface area (Å²) in [4.78, 5) is 28.8. The third kappa shape index (κ3) is 4.88. The molecule has 0 saturated carbocycles. The highest BCUT2D eigenvalue weighted by Crippen LogP contribution is 2.05. The number of amides is 1. The van der Waals surface area contributed by atoms with Crippen LogP contribution < -0.4 is 10.9 Å². The summed E-state index contributed by atoms with van der Waals surface area (Å²) in [5, 5.41) is 7.08. The normalized spacial score (nSPS) is 17.6. The molecule has 0 aromatic carbocycles. The van der Waals surface area contributed by atoms with Crippen molar-refractivity contribution in [3.05, 3.63) is 28.2 Å². The van der Waals surface area contributed by atoms with E-state index < -0.39 is 0 Å². The van der Waals surface area contributed by atoms with Gasteiger partial charge in [0.05, 0.1) is 0 Å². The van der Waals surface area contributed by atoms with E-state index in [-0.39, 0.29) is 17.5 Å². The first kappa shape index (κ1) is 18.6. The Morgan fingerprint density at radius 1 is 1.25 bits per heavy atom. The second-order valence-corrected chi connectivity index (χ2v) is 6.31. The standard InChI is InChI=1S/C17H29N5O2/c1-4-8-22-16(23)7-6-15(19-22)17(24)18-13-14(3)21-11-9-20(5-2)10-12-21/h6-7,14H,4-5,8-13H2,1-3H3,(H,18,24)/t14-/m1/s1. The predicted octanol–water partition coefficient (Wildman–Crippen LogP) is 0.409. The van der Waals surface area contributed by atoms with Gasteiger partial charge in [-0.25, -0.2) is 4.68 Å². The van der Waals surface area contributed by atoms with Crippen LogP contribution in [0.3, 0.4) is 0 Å². The van der Waals surface area contributed by atoms with Gasteiger partial charge in [0.25, 0.3) is 11.5 Å². The first-order valence-corrected chi connectivity index (χ1v) is 8.88. The number of aryl methyl sites for hydroxylation is 1. The number of likely N-dealkylation sites (N-methyl/N-ethyl adjacent to an activating group) is 1. The molecule has 0 aliphatic carbocycles. The van der Waals surface area contributed by atoms with E-state index in [0.29, 0.717) is 18.8 Å². The summed E-state index contributed by atoms with van der Waals surface area (Å²) in [6.45, 7) is 12.7. The topological polar surface area (TPSA) is 70.5 Å². The van der Waals surface area contributed by atoms with Crippen LogP contribution in [-0.4, -0.2) is 70.8 Å². The van der Waals surface area contributed by atoms with Gasteiger partial charge in [0, 0.05) is 51.4 Å². The molecule has 1 atom stereocenters. The molecule has 1 N–H and O–H groups in total. The van der Waals surface area contributed by atoms with Gasteiger partial charge >= 0.3 is 0 Å². The van der Waals surface area contributed by atoms with Gasteiger partial charge in [-0.05, 0) is 26.0 Å². The van der Waals surface area contributed by atoms with E-state index in [4.69, 9.17) is 0 Å². The zero-order valence-corrected chi connectivity index (χ0v) is 15.0. The quantitative estimate of drug-likeness (QED) is 0.781. The molecule has 0 unspecified atom stereocenters. The lowest BCUT2D eigenvalue weighted by Gasteiger charge is -2.37. The average Bonchev–Trinajstić information content (AvgIpc) is 2.61. The van der Waals surface area contributed by atoms with Gasteiger partial charge in [-0.1, -0.05) is 13.8 Å². The van der Waals surface area contributed by atoms with Crippen LogP contribution in [0.5, 0.6) is 0 Å². The second-order valence-electron chi connectivity index (χ2n) is 6.31. The molecule has 0 radical (unpaired) electrons. The van der Waals surface area contributed by atoms with E-state index in [1.165, 1.54) is 16.8 Å². The van der Waals surface area contributed by atoms with Crippen molar-refractivity contribution < 1.29 is 4.79 Å². The summed E-state index contributed by atoms with van der Waals surface area (Å²) >= 11 is 0. The largest absolute Gasteiger partial charge is 0.349 e. The Hall–Kier alpha value is -1.73. The molecule has 134 valence electrons. The minimum absolute atomic E-state index is 0.171. The summed E-state index contributed by atoms with van der Waals surface area (Å²) in [6.07, 6.45) is 0.804. The van der Waals surface area contributed by atoms with Gasteiger partial charge < -0.3 is 10.2 Å². The third-order valence-corrected chi connectivity index (χ3v) is 4.57. The van der Waals surface area contributed by atoms with Gasteiger partial charge in [-0.2, -0.15) is 5.10 Å². The van der Waals surface area contributed by atoms with Crippen molar-refractivity contribution in [1.29, 1.82) is 0 Å². The van der Waals surface area contributed by atoms with Crippen LogP contribution in [0.15, 0.2) is 16.9 Å². The van der Waals surface area contributed by atoms with Crippen LogP contribution in [0.2, 0.25) is 0 Å². The average molecular weight is 335 g/mol. The number of carbonyl (C=O) groups excluding carboxylic acids is 1. The summed E-state index contributed by atoms with van der Waals surface area (Å²) in [5.41, 5.74) is 0.126. The Balaban J connectivity index is 1.86. The van der Waals surface area contributed by atoms with E-state index in [1.807, 2.05) is 6.92 Å². The van der Waals surface area contributed by atoms with E-state index >= 15 is 0 Å². The van der Waals surface area contributed by atoms with E-state index in [2.05, 4.69) is 34.1 Å². The molecule has 0 bridgehead atoms. The number of hydrogen-bond donors (Lipinski definition) is 1. The molecule has 2 rings (SSSR count). The fourth-order valence-electron chi connectivity index (χ4n) is 2.92. The molecule has 0 spiro atoms. The molecule has 7 nitrogen and oxygen atoms in total. The molecule has 24 heavy (non-hydrogen) atoms. The number of carbonyl (C=O) groups is 1. The van der Waals surface area contributed by atoms with Crippen molar-refractivity contribution in [2.45, 2.75) is 39.8 Å². The number of nitrogens with zero attached hydrogens (tertiary/aromatic N) is 4. The van der Waals surface area contributed by atoms with Gasteiger partial charge in [-0.3, -0.25) is 14.5 Å². The van der Waals surface area contributed by atoms with Crippen LogP contribution >= 0.6 is 0 Å². The summed E-state index contributed by atoms with van der Waals surface area (Å²) < 4.78 is 1.35. The Labute approximate surface area is 143 Å². The maximum atomic E-state index is 12.3. The maximum Gasteiger partial charge on any atom is 0.271 e. The van der Waals surface area contributed by atoms with Crippen LogP contribution in [0.4, 0.5) is 0 Å². The zero-order valence-electron chi connectivity index (χ0n) is 15.0. The lowest BCUT2D eigenvalue weighted by atomic mass is 10.2. The Kier molecular flexibility index (Phi) is 6.93. The van der Waals surface area contributed by atoms with Gasteiger partial charge in [0.15, 0.2) is 0 Å². The Morgan fingerprint density at radius 2 is 1.96 bits per heavy atom. The van der Waals surface area contributed by atoms with Crippen molar-refractivity contribution in [2.75, 3.05) is 39.3 Å². The van der Waals surface area contributed by atoms with Crippen molar-refractivity contribution in [3.8, 4) is 0 Å². The van der Waals surface area contributed by atoms with Crippen LogP contribution in [0.25, 0.3) is 0 Å². The molecule has 1 aromatic heterocycles. The molecular weight excluding hydrogens is 306 g/mol. The molecule has 1 saturated heterocycles. The summed E-state index contributed by atoms with van der Waals surface area (Å²) in [7, 11) is 0. The molecule has 2 heterocycles. The number of piperazine rings is 1. The number of nitrogens with one attached hydrogen (secondary N) is 1. The fraction of sp³-hybridized carbons (Fsp3) is 0.706. The third-order valence-electron chi connectivity index (χ3n) is 4.57. The predicted molar refractivity (Wildman–Crippen MR) is 94.3 cm³/mol. The molecule has 1 aromatic rings. The summed E-state index contributed by atoms with van der Waals surface area (Å²) in [6, 6.07) is 3.19. The molecule has 1 amide bonds. The lowest BCUT2D eigenvalue weighted by Crippen LogP contribution is -2.52. The zero-order chi connectivity index (χ0) is 17.5. The Morgan fingerprint density at radius 3 is 2.58 bits per heavy atom. The monoisotopic (exact) mass is 335 g/mol. The van der Waals surface area contributed by atoms with Gasteiger partial charge in [0.2, 0.25) is 0 Å². The molecule has 1 aliphatic heterocycles. The summed E-state index contributed by atoms with van der Waals surface area (Å²) in [5.74, 6) is -0.223. The van der Waals surface area contributed by atoms with E-state index in [0.717, 1.165) is 39.1 Å². The van der Waals surface area contributed by atoms with E-state index in [9.17, 15) is 9.59 Å². The highest BCUT2D eigenvalue weighted by molar-refractivity contribution is 5.91. The highest BCUT2D eigenvalue weighted by atomic mass is 16.2. The first-order valence-electron chi connectivity index (χ1n) is 8.88. The maximum absolute atomic E-state index is 12.3. The molecule has 7 heteroatoms. The van der Waals surface area contributed by atoms with Crippen LogP contribution in [0.1, 0.15) is 37.7 Å².